The highest BCUT2D eigenvalue weighted by Crippen LogP contribution is 2.34. The van der Waals surface area contributed by atoms with Crippen LogP contribution in [0.15, 0.2) is 36.7 Å². The van der Waals surface area contributed by atoms with Crippen LogP contribution in [-0.4, -0.2) is 14.9 Å². The Bertz CT molecular complexity index is 553. The van der Waals surface area contributed by atoms with Gasteiger partial charge >= 0.3 is 0 Å². The lowest BCUT2D eigenvalue weighted by molar-refractivity contribution is 0.0725. The molecule has 0 aliphatic rings. The molecule has 0 spiro atoms. The zero-order valence-corrected chi connectivity index (χ0v) is 11.3. The average molecular weight is 262 g/mol. The molecule has 0 saturated carbocycles. The summed E-state index contributed by atoms with van der Waals surface area (Å²) in [5.41, 5.74) is -0.390. The number of rotatable bonds is 5. The summed E-state index contributed by atoms with van der Waals surface area (Å²) in [6, 6.07) is 6.34. The highest BCUT2D eigenvalue weighted by molar-refractivity contribution is 5.34. The maximum absolute atomic E-state index is 13.9. The number of nitrogens with zero attached hydrogens (tertiary/aromatic N) is 2. The molecule has 4 heteroatoms. The highest BCUT2D eigenvalue weighted by atomic mass is 19.1. The molecule has 0 fully saturated rings. The van der Waals surface area contributed by atoms with Gasteiger partial charge < -0.3 is 5.11 Å². The summed E-state index contributed by atoms with van der Waals surface area (Å²) >= 11 is 0. The van der Waals surface area contributed by atoms with Crippen molar-refractivity contribution in [2.75, 3.05) is 0 Å². The molecule has 102 valence electrons. The Kier molecular flexibility index (Phi) is 4.00. The second-order valence-corrected chi connectivity index (χ2v) is 4.69. The Labute approximate surface area is 112 Å². The van der Waals surface area contributed by atoms with E-state index in [1.807, 2.05) is 6.92 Å². The molecular formula is C15H19FN2O. The summed E-state index contributed by atoms with van der Waals surface area (Å²) in [6.45, 7) is 4.69. The molecule has 0 aliphatic carbocycles. The van der Waals surface area contributed by atoms with E-state index in [0.717, 1.165) is 13.0 Å². The lowest BCUT2D eigenvalue weighted by Crippen LogP contribution is -2.27. The van der Waals surface area contributed by atoms with Gasteiger partial charge in [-0.3, -0.25) is 4.68 Å². The van der Waals surface area contributed by atoms with E-state index < -0.39 is 11.4 Å². The first-order chi connectivity index (χ1) is 9.11. The van der Waals surface area contributed by atoms with E-state index in [1.165, 1.54) is 6.07 Å². The fraction of sp³-hybridized carbons (Fsp3) is 0.400. The number of hydrogen-bond donors (Lipinski definition) is 1. The van der Waals surface area contributed by atoms with Crippen LogP contribution < -0.4 is 0 Å². The van der Waals surface area contributed by atoms with Crippen molar-refractivity contribution in [3.8, 4) is 0 Å². The van der Waals surface area contributed by atoms with Crippen molar-refractivity contribution >= 4 is 0 Å². The van der Waals surface area contributed by atoms with Gasteiger partial charge in [0.1, 0.15) is 11.4 Å². The zero-order valence-electron chi connectivity index (χ0n) is 11.3. The fourth-order valence-corrected chi connectivity index (χ4v) is 2.28. The third-order valence-electron chi connectivity index (χ3n) is 3.39. The summed E-state index contributed by atoms with van der Waals surface area (Å²) in [5, 5.41) is 15.0. The number of hydrogen-bond acceptors (Lipinski definition) is 2. The van der Waals surface area contributed by atoms with Crippen LogP contribution in [0.4, 0.5) is 4.39 Å². The Hall–Kier alpha value is -1.68. The van der Waals surface area contributed by atoms with E-state index in [1.54, 1.807) is 35.3 Å². The Morgan fingerprint density at radius 1 is 1.32 bits per heavy atom. The predicted molar refractivity (Wildman–Crippen MR) is 72.2 cm³/mol. The monoisotopic (exact) mass is 262 g/mol. The standard InChI is InChI=1S/C15H19FN2O/c1-3-9-18-11-12(10-17-18)15(19,4-2)13-7-5-6-8-14(13)16/h5-8,10-11,19H,3-4,9H2,1-2H3. The van der Waals surface area contributed by atoms with E-state index in [2.05, 4.69) is 12.0 Å². The van der Waals surface area contributed by atoms with Gasteiger partial charge in [0, 0.05) is 23.9 Å². The Morgan fingerprint density at radius 2 is 2.05 bits per heavy atom. The number of aromatic nitrogens is 2. The molecule has 0 aliphatic heterocycles. The molecule has 1 aromatic carbocycles. The van der Waals surface area contributed by atoms with Crippen LogP contribution in [0.5, 0.6) is 0 Å². The number of aliphatic hydroxyl groups is 1. The first-order valence-electron chi connectivity index (χ1n) is 6.62. The minimum Gasteiger partial charge on any atom is -0.380 e. The van der Waals surface area contributed by atoms with Gasteiger partial charge in [-0.15, -0.1) is 0 Å². The summed E-state index contributed by atoms with van der Waals surface area (Å²) in [5.74, 6) is -0.393. The predicted octanol–water partition coefficient (Wildman–Crippen LogP) is 3.08. The summed E-state index contributed by atoms with van der Waals surface area (Å²) in [6.07, 6.45) is 4.77. The second-order valence-electron chi connectivity index (χ2n) is 4.69. The van der Waals surface area contributed by atoms with Gasteiger partial charge in [0.05, 0.1) is 6.20 Å². The molecule has 0 saturated heterocycles. The summed E-state index contributed by atoms with van der Waals surface area (Å²) in [7, 11) is 0. The van der Waals surface area contributed by atoms with Crippen LogP contribution in [0.25, 0.3) is 0 Å². The third-order valence-corrected chi connectivity index (χ3v) is 3.39. The maximum atomic E-state index is 13.9. The maximum Gasteiger partial charge on any atom is 0.129 e. The zero-order chi connectivity index (χ0) is 13.9. The van der Waals surface area contributed by atoms with E-state index in [0.29, 0.717) is 17.5 Å². The van der Waals surface area contributed by atoms with Crippen LogP contribution in [0.1, 0.15) is 37.8 Å². The normalized spacial score (nSPS) is 14.3. The van der Waals surface area contributed by atoms with Crippen molar-refractivity contribution in [1.82, 2.24) is 9.78 Å². The van der Waals surface area contributed by atoms with Gasteiger partial charge in [0.15, 0.2) is 0 Å². The van der Waals surface area contributed by atoms with Crippen molar-refractivity contribution < 1.29 is 9.50 Å². The van der Waals surface area contributed by atoms with Gasteiger partial charge in [-0.1, -0.05) is 32.0 Å². The molecule has 1 atom stereocenters. The average Bonchev–Trinajstić information content (AvgIpc) is 2.88. The van der Waals surface area contributed by atoms with E-state index in [4.69, 9.17) is 0 Å². The lowest BCUT2D eigenvalue weighted by Gasteiger charge is -2.26. The topological polar surface area (TPSA) is 38.0 Å². The molecule has 1 heterocycles. The molecule has 2 aromatic rings. The molecule has 3 nitrogen and oxygen atoms in total. The molecule has 0 amide bonds. The number of benzene rings is 1. The van der Waals surface area contributed by atoms with Gasteiger partial charge in [0.25, 0.3) is 0 Å². The van der Waals surface area contributed by atoms with Crippen molar-refractivity contribution in [2.45, 2.75) is 38.8 Å². The Balaban J connectivity index is 2.44. The van der Waals surface area contributed by atoms with Gasteiger partial charge in [-0.05, 0) is 18.9 Å². The van der Waals surface area contributed by atoms with Crippen molar-refractivity contribution in [3.05, 3.63) is 53.6 Å². The molecule has 0 bridgehead atoms. The molecular weight excluding hydrogens is 243 g/mol. The summed E-state index contributed by atoms with van der Waals surface area (Å²) < 4.78 is 15.7. The smallest absolute Gasteiger partial charge is 0.129 e. The number of halogens is 1. The minimum atomic E-state index is -1.32. The molecule has 19 heavy (non-hydrogen) atoms. The summed E-state index contributed by atoms with van der Waals surface area (Å²) in [4.78, 5) is 0. The first-order valence-corrected chi connectivity index (χ1v) is 6.62. The molecule has 2 rings (SSSR count). The second kappa shape index (κ2) is 5.53. The lowest BCUT2D eigenvalue weighted by atomic mass is 9.85. The van der Waals surface area contributed by atoms with Crippen LogP contribution in [0.2, 0.25) is 0 Å². The van der Waals surface area contributed by atoms with E-state index >= 15 is 0 Å². The van der Waals surface area contributed by atoms with E-state index in [9.17, 15) is 9.50 Å². The molecule has 1 aromatic heterocycles. The van der Waals surface area contributed by atoms with Gasteiger partial charge in [-0.2, -0.15) is 5.10 Å². The molecule has 1 N–H and O–H groups in total. The van der Waals surface area contributed by atoms with Crippen molar-refractivity contribution in [1.29, 1.82) is 0 Å². The van der Waals surface area contributed by atoms with Gasteiger partial charge in [-0.25, -0.2) is 4.39 Å². The van der Waals surface area contributed by atoms with Crippen LogP contribution in [0.3, 0.4) is 0 Å². The molecule has 0 radical (unpaired) electrons. The van der Waals surface area contributed by atoms with Gasteiger partial charge in [0.2, 0.25) is 0 Å². The fourth-order valence-electron chi connectivity index (χ4n) is 2.28. The first kappa shape index (κ1) is 13.7. The van der Waals surface area contributed by atoms with Crippen LogP contribution >= 0.6 is 0 Å². The highest BCUT2D eigenvalue weighted by Gasteiger charge is 2.33. The number of aryl methyl sites for hydroxylation is 1. The SMILES string of the molecule is CCCn1cc(C(O)(CC)c2ccccc2F)cn1. The van der Waals surface area contributed by atoms with Crippen LogP contribution in [0, 0.1) is 5.82 Å². The quantitative estimate of drug-likeness (QED) is 0.899. The van der Waals surface area contributed by atoms with Crippen LogP contribution in [-0.2, 0) is 12.1 Å². The minimum absolute atomic E-state index is 0.300. The van der Waals surface area contributed by atoms with Crippen molar-refractivity contribution in [2.24, 2.45) is 0 Å². The largest absolute Gasteiger partial charge is 0.380 e. The Morgan fingerprint density at radius 3 is 2.68 bits per heavy atom. The van der Waals surface area contributed by atoms with E-state index in [-0.39, 0.29) is 0 Å². The third kappa shape index (κ3) is 2.54. The van der Waals surface area contributed by atoms with Crippen molar-refractivity contribution in [3.63, 3.8) is 0 Å². The molecule has 1 unspecified atom stereocenters.